The third kappa shape index (κ3) is 2.68. The van der Waals surface area contributed by atoms with Crippen molar-refractivity contribution in [2.75, 3.05) is 26.2 Å². The first-order valence-electron chi connectivity index (χ1n) is 8.18. The SMILES string of the molecule is O=C(N1CCC1)C1(n2cccn2)CCN(Cc2nccs2)CC1. The monoisotopic (exact) mass is 331 g/mol. The fourth-order valence-electron chi connectivity index (χ4n) is 3.48. The average molecular weight is 331 g/mol. The number of piperidine rings is 1. The maximum absolute atomic E-state index is 13.1. The van der Waals surface area contributed by atoms with Crippen molar-refractivity contribution in [3.63, 3.8) is 0 Å². The van der Waals surface area contributed by atoms with E-state index in [4.69, 9.17) is 0 Å². The van der Waals surface area contributed by atoms with E-state index in [0.717, 1.165) is 57.0 Å². The quantitative estimate of drug-likeness (QED) is 0.853. The van der Waals surface area contributed by atoms with Crippen LogP contribution in [0.5, 0.6) is 0 Å². The van der Waals surface area contributed by atoms with E-state index >= 15 is 0 Å². The zero-order valence-electron chi connectivity index (χ0n) is 13.1. The first kappa shape index (κ1) is 14.8. The van der Waals surface area contributed by atoms with Crippen LogP contribution < -0.4 is 0 Å². The fourth-order valence-corrected chi connectivity index (χ4v) is 4.14. The zero-order chi connectivity index (χ0) is 15.7. The number of amides is 1. The molecule has 0 radical (unpaired) electrons. The highest BCUT2D eigenvalue weighted by Crippen LogP contribution is 2.33. The highest BCUT2D eigenvalue weighted by molar-refractivity contribution is 7.09. The Balaban J connectivity index is 1.51. The number of rotatable bonds is 4. The molecule has 2 fully saturated rings. The van der Waals surface area contributed by atoms with E-state index in [-0.39, 0.29) is 5.91 Å². The van der Waals surface area contributed by atoms with Gasteiger partial charge < -0.3 is 4.90 Å². The van der Waals surface area contributed by atoms with Gasteiger partial charge in [0.25, 0.3) is 5.91 Å². The number of hydrogen-bond donors (Lipinski definition) is 0. The van der Waals surface area contributed by atoms with Crippen LogP contribution in [0.1, 0.15) is 24.3 Å². The molecule has 0 aromatic carbocycles. The molecule has 122 valence electrons. The molecule has 2 saturated heterocycles. The molecule has 0 bridgehead atoms. The van der Waals surface area contributed by atoms with Crippen LogP contribution in [0, 0.1) is 0 Å². The van der Waals surface area contributed by atoms with Gasteiger partial charge in [-0.2, -0.15) is 5.10 Å². The summed E-state index contributed by atoms with van der Waals surface area (Å²) in [4.78, 5) is 21.8. The molecule has 4 heterocycles. The molecular formula is C16H21N5OS. The van der Waals surface area contributed by atoms with Crippen molar-refractivity contribution in [3.05, 3.63) is 35.0 Å². The van der Waals surface area contributed by atoms with Crippen LogP contribution in [0.4, 0.5) is 0 Å². The second kappa shape index (κ2) is 6.05. The van der Waals surface area contributed by atoms with Gasteiger partial charge in [0.15, 0.2) is 0 Å². The Morgan fingerprint density at radius 2 is 2.04 bits per heavy atom. The van der Waals surface area contributed by atoms with Gasteiger partial charge in [0.1, 0.15) is 10.5 Å². The molecule has 2 aromatic rings. The second-order valence-electron chi connectivity index (χ2n) is 6.33. The molecule has 0 spiro atoms. The number of hydrogen-bond acceptors (Lipinski definition) is 5. The van der Waals surface area contributed by atoms with Crippen LogP contribution >= 0.6 is 11.3 Å². The molecule has 0 N–H and O–H groups in total. The summed E-state index contributed by atoms with van der Waals surface area (Å²) >= 11 is 1.69. The van der Waals surface area contributed by atoms with E-state index in [0.29, 0.717) is 0 Å². The fraction of sp³-hybridized carbons (Fsp3) is 0.562. The van der Waals surface area contributed by atoms with E-state index < -0.39 is 5.54 Å². The molecule has 2 aromatic heterocycles. The molecule has 0 unspecified atom stereocenters. The molecule has 0 aliphatic carbocycles. The summed E-state index contributed by atoms with van der Waals surface area (Å²) in [6.45, 7) is 4.47. The van der Waals surface area contributed by atoms with E-state index in [1.54, 1.807) is 17.5 Å². The van der Waals surface area contributed by atoms with Crippen molar-refractivity contribution >= 4 is 17.2 Å². The summed E-state index contributed by atoms with van der Waals surface area (Å²) in [5, 5.41) is 7.57. The molecule has 2 aliphatic heterocycles. The predicted molar refractivity (Wildman–Crippen MR) is 88.0 cm³/mol. The van der Waals surface area contributed by atoms with Crippen molar-refractivity contribution in [2.45, 2.75) is 31.3 Å². The molecule has 7 heteroatoms. The van der Waals surface area contributed by atoms with Gasteiger partial charge in [0.05, 0.1) is 6.54 Å². The second-order valence-corrected chi connectivity index (χ2v) is 7.31. The Morgan fingerprint density at radius 1 is 1.22 bits per heavy atom. The van der Waals surface area contributed by atoms with Gasteiger partial charge in [-0.3, -0.25) is 14.4 Å². The Hall–Kier alpha value is -1.73. The van der Waals surface area contributed by atoms with Crippen LogP contribution in [0.2, 0.25) is 0 Å². The maximum Gasteiger partial charge on any atom is 0.250 e. The Kier molecular flexibility index (Phi) is 3.90. The molecule has 23 heavy (non-hydrogen) atoms. The Labute approximate surface area is 139 Å². The largest absolute Gasteiger partial charge is 0.340 e. The van der Waals surface area contributed by atoms with E-state index in [9.17, 15) is 4.79 Å². The lowest BCUT2D eigenvalue weighted by molar-refractivity contribution is -0.148. The topological polar surface area (TPSA) is 54.3 Å². The Bertz CT molecular complexity index is 642. The number of carbonyl (C=O) groups is 1. The smallest absolute Gasteiger partial charge is 0.250 e. The van der Waals surface area contributed by atoms with Gasteiger partial charge in [0.2, 0.25) is 0 Å². The molecular weight excluding hydrogens is 310 g/mol. The van der Waals surface area contributed by atoms with E-state index in [1.165, 1.54) is 0 Å². The van der Waals surface area contributed by atoms with Crippen molar-refractivity contribution in [3.8, 4) is 0 Å². The highest BCUT2D eigenvalue weighted by Gasteiger charge is 2.46. The number of thiazole rings is 1. The molecule has 1 amide bonds. The standard InChI is InChI=1S/C16H21N5OS/c22-15(20-7-2-8-20)16(21-9-1-5-18-21)3-10-19(11-4-16)13-14-17-6-12-23-14/h1,5-6,9,12H,2-4,7-8,10-11,13H2. The minimum atomic E-state index is -0.497. The van der Waals surface area contributed by atoms with Gasteiger partial charge in [-0.05, 0) is 25.3 Å². The first-order chi connectivity index (χ1) is 11.3. The normalized spacial score (nSPS) is 21.1. The van der Waals surface area contributed by atoms with E-state index in [1.807, 2.05) is 33.4 Å². The lowest BCUT2D eigenvalue weighted by Crippen LogP contribution is -2.59. The van der Waals surface area contributed by atoms with Crippen LogP contribution in [-0.4, -0.2) is 56.7 Å². The Morgan fingerprint density at radius 3 is 2.61 bits per heavy atom. The third-order valence-corrected chi connectivity index (χ3v) is 5.77. The summed E-state index contributed by atoms with van der Waals surface area (Å²) in [5.74, 6) is 0.251. The van der Waals surface area contributed by atoms with Gasteiger partial charge in [-0.25, -0.2) is 4.98 Å². The summed E-state index contributed by atoms with van der Waals surface area (Å²) in [6, 6.07) is 1.91. The minimum Gasteiger partial charge on any atom is -0.340 e. The average Bonchev–Trinajstić information content (AvgIpc) is 3.19. The molecule has 0 atom stereocenters. The number of aromatic nitrogens is 3. The molecule has 4 rings (SSSR count). The van der Waals surface area contributed by atoms with Crippen LogP contribution in [0.3, 0.4) is 0 Å². The number of carbonyl (C=O) groups excluding carboxylic acids is 1. The van der Waals surface area contributed by atoms with Gasteiger partial charge in [0, 0.05) is 50.1 Å². The molecule has 2 aliphatic rings. The van der Waals surface area contributed by atoms with Crippen LogP contribution in [0.25, 0.3) is 0 Å². The zero-order valence-corrected chi connectivity index (χ0v) is 13.9. The number of nitrogens with zero attached hydrogens (tertiary/aromatic N) is 5. The summed E-state index contributed by atoms with van der Waals surface area (Å²) in [5.41, 5.74) is -0.497. The van der Waals surface area contributed by atoms with E-state index in [2.05, 4.69) is 15.0 Å². The van der Waals surface area contributed by atoms with Crippen molar-refractivity contribution in [2.24, 2.45) is 0 Å². The molecule has 6 nitrogen and oxygen atoms in total. The lowest BCUT2D eigenvalue weighted by atomic mass is 9.85. The predicted octanol–water partition coefficient (Wildman–Crippen LogP) is 1.56. The number of likely N-dealkylation sites (tertiary alicyclic amines) is 2. The molecule has 0 saturated carbocycles. The van der Waals surface area contributed by atoms with Crippen molar-refractivity contribution < 1.29 is 4.79 Å². The van der Waals surface area contributed by atoms with Gasteiger partial charge in [-0.1, -0.05) is 0 Å². The summed E-state index contributed by atoms with van der Waals surface area (Å²) < 4.78 is 1.90. The first-order valence-corrected chi connectivity index (χ1v) is 9.06. The van der Waals surface area contributed by atoms with Crippen LogP contribution in [0.15, 0.2) is 30.0 Å². The summed E-state index contributed by atoms with van der Waals surface area (Å²) in [6.07, 6.45) is 8.31. The minimum absolute atomic E-state index is 0.251. The third-order valence-electron chi connectivity index (χ3n) is 5.01. The maximum atomic E-state index is 13.1. The van der Waals surface area contributed by atoms with Gasteiger partial charge >= 0.3 is 0 Å². The van der Waals surface area contributed by atoms with Crippen molar-refractivity contribution in [1.82, 2.24) is 24.6 Å². The highest BCUT2D eigenvalue weighted by atomic mass is 32.1. The van der Waals surface area contributed by atoms with Crippen LogP contribution in [-0.2, 0) is 16.9 Å². The lowest BCUT2D eigenvalue weighted by Gasteiger charge is -2.45. The summed E-state index contributed by atoms with van der Waals surface area (Å²) in [7, 11) is 0. The van der Waals surface area contributed by atoms with Gasteiger partial charge in [-0.15, -0.1) is 11.3 Å². The van der Waals surface area contributed by atoms with Crippen molar-refractivity contribution in [1.29, 1.82) is 0 Å².